The quantitative estimate of drug-likeness (QED) is 0.761. The highest BCUT2D eigenvalue weighted by molar-refractivity contribution is 5.98. The van der Waals surface area contributed by atoms with Crippen molar-refractivity contribution < 1.29 is 9.53 Å². The Morgan fingerprint density at radius 2 is 2.17 bits per heavy atom. The number of amides is 1. The predicted molar refractivity (Wildman–Crippen MR) is 91.0 cm³/mol. The van der Waals surface area contributed by atoms with Crippen molar-refractivity contribution in [2.45, 2.75) is 19.9 Å². The van der Waals surface area contributed by atoms with E-state index in [9.17, 15) is 4.79 Å². The average Bonchev–Trinajstić information content (AvgIpc) is 3.17. The number of aromatic nitrogens is 3. The van der Waals surface area contributed by atoms with Crippen LogP contribution in [0.15, 0.2) is 30.3 Å². The summed E-state index contributed by atoms with van der Waals surface area (Å²) in [6.45, 7) is 5.56. The van der Waals surface area contributed by atoms with Gasteiger partial charge in [0.1, 0.15) is 5.69 Å². The number of morpholine rings is 1. The molecule has 0 bridgehead atoms. The van der Waals surface area contributed by atoms with E-state index in [2.05, 4.69) is 15.2 Å². The summed E-state index contributed by atoms with van der Waals surface area (Å²) in [5.74, 6) is -0.000463. The molecule has 24 heavy (non-hydrogen) atoms. The van der Waals surface area contributed by atoms with Gasteiger partial charge in [0, 0.05) is 28.7 Å². The maximum absolute atomic E-state index is 13.1. The van der Waals surface area contributed by atoms with Crippen molar-refractivity contribution in [2.75, 3.05) is 19.8 Å². The molecule has 1 fully saturated rings. The first-order valence-corrected chi connectivity index (χ1v) is 8.13. The fourth-order valence-electron chi connectivity index (χ4n) is 3.48. The first kappa shape index (κ1) is 15.0. The van der Waals surface area contributed by atoms with Gasteiger partial charge >= 0.3 is 0 Å². The van der Waals surface area contributed by atoms with Crippen molar-refractivity contribution >= 4 is 16.8 Å². The molecule has 6 nitrogen and oxygen atoms in total. The highest BCUT2D eigenvalue weighted by Crippen LogP contribution is 2.30. The minimum absolute atomic E-state index is 0.000463. The van der Waals surface area contributed by atoms with Gasteiger partial charge in [-0.15, -0.1) is 0 Å². The Hall–Kier alpha value is -2.60. The van der Waals surface area contributed by atoms with E-state index in [1.54, 1.807) is 0 Å². The van der Waals surface area contributed by atoms with Crippen LogP contribution in [0.2, 0.25) is 0 Å². The van der Waals surface area contributed by atoms with E-state index in [0.717, 1.165) is 27.9 Å². The molecule has 1 aliphatic heterocycles. The third-order valence-electron chi connectivity index (χ3n) is 4.67. The zero-order valence-corrected chi connectivity index (χ0v) is 13.8. The molecule has 1 aliphatic rings. The number of carbonyl (C=O) groups excluding carboxylic acids is 1. The first-order chi connectivity index (χ1) is 11.6. The van der Waals surface area contributed by atoms with Crippen LogP contribution in [0.4, 0.5) is 0 Å². The van der Waals surface area contributed by atoms with Gasteiger partial charge in [-0.2, -0.15) is 5.10 Å². The largest absolute Gasteiger partial charge is 0.377 e. The van der Waals surface area contributed by atoms with Gasteiger partial charge in [0.25, 0.3) is 5.91 Å². The maximum atomic E-state index is 13.1. The second-order valence-electron chi connectivity index (χ2n) is 6.21. The molecule has 1 aromatic carbocycles. The number of para-hydroxylation sites is 1. The molecule has 2 N–H and O–H groups in total. The molecule has 6 heteroatoms. The summed E-state index contributed by atoms with van der Waals surface area (Å²) in [7, 11) is 0. The van der Waals surface area contributed by atoms with Gasteiger partial charge in [-0.25, -0.2) is 0 Å². The molecule has 1 saturated heterocycles. The lowest BCUT2D eigenvalue weighted by molar-refractivity contribution is -0.00327. The lowest BCUT2D eigenvalue weighted by atomic mass is 10.0. The van der Waals surface area contributed by atoms with E-state index >= 15 is 0 Å². The van der Waals surface area contributed by atoms with E-state index in [1.165, 1.54) is 0 Å². The number of H-pyrrole nitrogens is 2. The van der Waals surface area contributed by atoms with Gasteiger partial charge in [0.2, 0.25) is 0 Å². The molecule has 0 radical (unpaired) electrons. The number of aryl methyl sites for hydroxylation is 2. The average molecular weight is 324 g/mol. The Balaban J connectivity index is 1.71. The van der Waals surface area contributed by atoms with Gasteiger partial charge in [0.15, 0.2) is 0 Å². The van der Waals surface area contributed by atoms with Crippen molar-refractivity contribution in [1.29, 1.82) is 0 Å². The van der Waals surface area contributed by atoms with E-state index in [4.69, 9.17) is 4.74 Å². The van der Waals surface area contributed by atoms with Crippen molar-refractivity contribution in [3.05, 3.63) is 53.0 Å². The minimum Gasteiger partial charge on any atom is -0.377 e. The highest BCUT2D eigenvalue weighted by Gasteiger charge is 2.33. The number of nitrogens with one attached hydrogen (secondary N) is 2. The van der Waals surface area contributed by atoms with E-state index in [0.29, 0.717) is 25.5 Å². The number of aromatic amines is 2. The van der Waals surface area contributed by atoms with Crippen LogP contribution < -0.4 is 0 Å². The fourth-order valence-corrected chi connectivity index (χ4v) is 3.48. The molecule has 2 aromatic heterocycles. The van der Waals surface area contributed by atoms with Crippen LogP contribution in [0, 0.1) is 13.8 Å². The summed E-state index contributed by atoms with van der Waals surface area (Å²) in [6.07, 6.45) is 0. The van der Waals surface area contributed by atoms with Crippen LogP contribution in [0.3, 0.4) is 0 Å². The number of rotatable bonds is 2. The second-order valence-corrected chi connectivity index (χ2v) is 6.21. The number of nitrogens with zero attached hydrogens (tertiary/aromatic N) is 2. The third kappa shape index (κ3) is 2.39. The Labute approximate surface area is 139 Å². The number of ether oxygens (including phenoxy) is 1. The summed E-state index contributed by atoms with van der Waals surface area (Å²) < 4.78 is 5.65. The number of benzene rings is 1. The monoisotopic (exact) mass is 324 g/mol. The lowest BCUT2D eigenvalue weighted by Crippen LogP contribution is -2.43. The van der Waals surface area contributed by atoms with Gasteiger partial charge in [0.05, 0.1) is 24.9 Å². The molecule has 0 spiro atoms. The van der Waals surface area contributed by atoms with Crippen LogP contribution in [-0.2, 0) is 4.74 Å². The molecule has 0 aliphatic carbocycles. The normalized spacial score (nSPS) is 18.2. The predicted octanol–water partition coefficient (Wildman–Crippen LogP) is 2.72. The Bertz CT molecular complexity index is 843. The molecule has 3 heterocycles. The summed E-state index contributed by atoms with van der Waals surface area (Å²) >= 11 is 0. The van der Waals surface area contributed by atoms with Gasteiger partial charge < -0.3 is 14.6 Å². The molecule has 124 valence electrons. The maximum Gasteiger partial charge on any atom is 0.270 e. The molecular weight excluding hydrogens is 304 g/mol. The fraction of sp³-hybridized carbons (Fsp3) is 0.333. The summed E-state index contributed by atoms with van der Waals surface area (Å²) in [5, 5.41) is 8.31. The SMILES string of the molecule is Cc1n[nH]c(C)c1[C@@H]1COCCN1C(=O)c1cc2ccccc2[nH]1. The molecular formula is C18H20N4O2. The van der Waals surface area contributed by atoms with Crippen LogP contribution in [0.1, 0.15) is 33.5 Å². The van der Waals surface area contributed by atoms with Crippen molar-refractivity contribution in [3.8, 4) is 0 Å². The van der Waals surface area contributed by atoms with Crippen molar-refractivity contribution in [1.82, 2.24) is 20.1 Å². The zero-order valence-electron chi connectivity index (χ0n) is 13.8. The van der Waals surface area contributed by atoms with E-state index in [1.807, 2.05) is 49.1 Å². The minimum atomic E-state index is -0.114. The Kier molecular flexibility index (Phi) is 3.61. The lowest BCUT2D eigenvalue weighted by Gasteiger charge is -2.35. The third-order valence-corrected chi connectivity index (χ3v) is 4.67. The van der Waals surface area contributed by atoms with Gasteiger partial charge in [-0.05, 0) is 26.0 Å². The van der Waals surface area contributed by atoms with E-state index in [-0.39, 0.29) is 11.9 Å². The van der Waals surface area contributed by atoms with Gasteiger partial charge in [-0.1, -0.05) is 18.2 Å². The summed E-state index contributed by atoms with van der Waals surface area (Å²) in [6, 6.07) is 9.72. The summed E-state index contributed by atoms with van der Waals surface area (Å²) in [4.78, 5) is 18.2. The molecule has 0 unspecified atom stereocenters. The van der Waals surface area contributed by atoms with Gasteiger partial charge in [-0.3, -0.25) is 9.89 Å². The van der Waals surface area contributed by atoms with Crippen molar-refractivity contribution in [2.24, 2.45) is 0 Å². The molecule has 1 atom stereocenters. The number of fused-ring (bicyclic) bond motifs is 1. The first-order valence-electron chi connectivity index (χ1n) is 8.13. The van der Waals surface area contributed by atoms with E-state index < -0.39 is 0 Å². The topological polar surface area (TPSA) is 74.0 Å². The number of carbonyl (C=O) groups is 1. The molecule has 0 saturated carbocycles. The number of hydrogen-bond acceptors (Lipinski definition) is 3. The Morgan fingerprint density at radius 3 is 2.92 bits per heavy atom. The molecule has 3 aromatic rings. The van der Waals surface area contributed by atoms with Crippen LogP contribution in [0.25, 0.3) is 10.9 Å². The number of hydrogen-bond donors (Lipinski definition) is 2. The Morgan fingerprint density at radius 1 is 1.33 bits per heavy atom. The smallest absolute Gasteiger partial charge is 0.270 e. The zero-order chi connectivity index (χ0) is 16.7. The van der Waals surface area contributed by atoms with Crippen LogP contribution >= 0.6 is 0 Å². The summed E-state index contributed by atoms with van der Waals surface area (Å²) in [5.41, 5.74) is 4.54. The molecule has 4 rings (SSSR count). The van der Waals surface area contributed by atoms with Crippen molar-refractivity contribution in [3.63, 3.8) is 0 Å². The van der Waals surface area contributed by atoms with Crippen LogP contribution in [-0.4, -0.2) is 45.7 Å². The molecule has 1 amide bonds. The standard InChI is InChI=1S/C18H20N4O2/c1-11-17(12(2)21-20-11)16-10-24-8-7-22(16)18(23)15-9-13-5-3-4-6-14(13)19-15/h3-6,9,16,19H,7-8,10H2,1-2H3,(H,20,21)/t16-/m0/s1. The second kappa shape index (κ2) is 5.79. The highest BCUT2D eigenvalue weighted by atomic mass is 16.5. The van der Waals surface area contributed by atoms with Crippen LogP contribution in [0.5, 0.6) is 0 Å².